The van der Waals surface area contributed by atoms with Crippen LogP contribution in [-0.4, -0.2) is 22.7 Å². The van der Waals surface area contributed by atoms with Crippen molar-refractivity contribution >= 4 is 40.4 Å². The molecule has 6 nitrogen and oxygen atoms in total. The van der Waals surface area contributed by atoms with Gasteiger partial charge in [-0.2, -0.15) is 13.2 Å². The standard InChI is InChI=1S/C25H23F4N5OS/c1-13-10-15(26)19(14-8-9-18(31-11-14)25(27,28)29)20-21(13)34(12-24(20,2)3)17-7-5-4-6-16(17)32-23(35)33-22(30)36/h4-11H,12H2,1-3H3,(H4,30,32,33,35,36). The van der Waals surface area contributed by atoms with E-state index in [1.807, 2.05) is 24.8 Å². The third-order valence-electron chi connectivity index (χ3n) is 5.96. The number of hydrogen-bond acceptors (Lipinski definition) is 4. The smallest absolute Gasteiger partial charge is 0.376 e. The molecule has 0 saturated heterocycles. The maximum atomic E-state index is 15.4. The number of amides is 2. The van der Waals surface area contributed by atoms with Gasteiger partial charge in [0.1, 0.15) is 11.5 Å². The van der Waals surface area contributed by atoms with Crippen LogP contribution in [0.5, 0.6) is 0 Å². The summed E-state index contributed by atoms with van der Waals surface area (Å²) >= 11 is 4.72. The first-order valence-electron chi connectivity index (χ1n) is 10.9. The Bertz CT molecular complexity index is 1360. The molecule has 4 rings (SSSR count). The second-order valence-electron chi connectivity index (χ2n) is 9.13. The highest BCUT2D eigenvalue weighted by Crippen LogP contribution is 2.52. The first kappa shape index (κ1) is 25.4. The first-order chi connectivity index (χ1) is 16.8. The van der Waals surface area contributed by atoms with E-state index in [9.17, 15) is 18.0 Å². The van der Waals surface area contributed by atoms with Crippen LogP contribution in [0.4, 0.5) is 39.4 Å². The number of aromatic nitrogens is 1. The Morgan fingerprint density at radius 2 is 1.89 bits per heavy atom. The molecule has 36 heavy (non-hydrogen) atoms. The normalized spacial score (nSPS) is 14.4. The molecule has 0 bridgehead atoms. The summed E-state index contributed by atoms with van der Waals surface area (Å²) < 4.78 is 54.5. The first-order valence-corrected chi connectivity index (χ1v) is 11.3. The van der Waals surface area contributed by atoms with Crippen molar-refractivity contribution in [3.8, 4) is 11.1 Å². The molecule has 0 unspecified atom stereocenters. The van der Waals surface area contributed by atoms with Crippen LogP contribution in [0, 0.1) is 12.7 Å². The van der Waals surface area contributed by atoms with Crippen LogP contribution >= 0.6 is 12.2 Å². The molecule has 2 heterocycles. The van der Waals surface area contributed by atoms with Gasteiger partial charge < -0.3 is 16.0 Å². The Balaban J connectivity index is 1.86. The van der Waals surface area contributed by atoms with Crippen molar-refractivity contribution in [3.63, 3.8) is 0 Å². The van der Waals surface area contributed by atoms with E-state index >= 15 is 4.39 Å². The van der Waals surface area contributed by atoms with Crippen molar-refractivity contribution in [1.29, 1.82) is 0 Å². The number of anilines is 3. The van der Waals surface area contributed by atoms with Gasteiger partial charge in [0.05, 0.1) is 11.4 Å². The lowest BCUT2D eigenvalue weighted by atomic mass is 9.81. The number of halogens is 4. The predicted molar refractivity (Wildman–Crippen MR) is 135 cm³/mol. The summed E-state index contributed by atoms with van der Waals surface area (Å²) in [5, 5.41) is 4.86. The molecule has 1 aromatic heterocycles. The lowest BCUT2D eigenvalue weighted by Crippen LogP contribution is -2.38. The molecular weight excluding hydrogens is 494 g/mol. The molecule has 4 N–H and O–H groups in total. The van der Waals surface area contributed by atoms with Crippen molar-refractivity contribution < 1.29 is 22.4 Å². The van der Waals surface area contributed by atoms with Gasteiger partial charge in [0.2, 0.25) is 0 Å². The average Bonchev–Trinajstić information content (AvgIpc) is 3.05. The number of thiocarbonyl (C=S) groups is 1. The van der Waals surface area contributed by atoms with Gasteiger partial charge in [-0.25, -0.2) is 9.18 Å². The van der Waals surface area contributed by atoms with Crippen molar-refractivity contribution in [2.24, 2.45) is 5.73 Å². The summed E-state index contributed by atoms with van der Waals surface area (Å²) in [6.45, 7) is 6.05. The number of nitrogens with zero attached hydrogens (tertiary/aromatic N) is 2. The highest BCUT2D eigenvalue weighted by atomic mass is 32.1. The number of para-hydroxylation sites is 2. The maximum Gasteiger partial charge on any atom is 0.433 e. The molecule has 11 heteroatoms. The van der Waals surface area contributed by atoms with Crippen LogP contribution in [0.15, 0.2) is 48.7 Å². The molecule has 3 aromatic rings. The SMILES string of the molecule is Cc1cc(F)c(-c2ccc(C(F)(F)F)nc2)c2c1N(c1ccccc1NC(=O)NC(N)=S)CC2(C)C. The Kier molecular flexibility index (Phi) is 6.38. The fraction of sp³-hybridized carbons (Fsp3) is 0.240. The third kappa shape index (κ3) is 4.70. The minimum absolute atomic E-state index is 0.182. The molecule has 0 radical (unpaired) electrons. The van der Waals surface area contributed by atoms with Crippen LogP contribution in [0.2, 0.25) is 0 Å². The lowest BCUT2D eigenvalue weighted by Gasteiger charge is -2.25. The second kappa shape index (κ2) is 9.05. The molecule has 0 atom stereocenters. The number of fused-ring (bicyclic) bond motifs is 1. The molecular formula is C25H23F4N5OS. The Morgan fingerprint density at radius 3 is 2.50 bits per heavy atom. The number of alkyl halides is 3. The van der Waals surface area contributed by atoms with E-state index in [-0.39, 0.29) is 16.2 Å². The average molecular weight is 518 g/mol. The highest BCUT2D eigenvalue weighted by molar-refractivity contribution is 7.80. The highest BCUT2D eigenvalue weighted by Gasteiger charge is 2.41. The number of pyridine rings is 1. The number of benzene rings is 2. The van der Waals surface area contributed by atoms with Gasteiger partial charge in [-0.3, -0.25) is 10.3 Å². The van der Waals surface area contributed by atoms with Crippen molar-refractivity contribution in [1.82, 2.24) is 10.3 Å². The van der Waals surface area contributed by atoms with E-state index in [1.165, 1.54) is 12.1 Å². The number of hydrogen-bond donors (Lipinski definition) is 3. The summed E-state index contributed by atoms with van der Waals surface area (Å²) in [6, 6.07) is 9.90. The van der Waals surface area contributed by atoms with Crippen molar-refractivity contribution in [2.45, 2.75) is 32.4 Å². The Labute approximate surface area is 210 Å². The third-order valence-corrected chi connectivity index (χ3v) is 6.07. The van der Waals surface area contributed by atoms with E-state index in [0.717, 1.165) is 12.3 Å². The molecule has 1 aliphatic heterocycles. The zero-order valence-corrected chi connectivity index (χ0v) is 20.4. The van der Waals surface area contributed by atoms with E-state index in [2.05, 4.69) is 15.6 Å². The minimum Gasteiger partial charge on any atom is -0.376 e. The number of carbonyl (C=O) groups is 1. The van der Waals surface area contributed by atoms with E-state index in [0.29, 0.717) is 34.7 Å². The molecule has 188 valence electrons. The van der Waals surface area contributed by atoms with Gasteiger partial charge >= 0.3 is 12.2 Å². The van der Waals surface area contributed by atoms with Crippen molar-refractivity contribution in [2.75, 3.05) is 16.8 Å². The molecule has 1 aliphatic rings. The zero-order chi connectivity index (χ0) is 26.4. The van der Waals surface area contributed by atoms with E-state index in [4.69, 9.17) is 18.0 Å². The van der Waals surface area contributed by atoms with Crippen LogP contribution in [-0.2, 0) is 11.6 Å². The van der Waals surface area contributed by atoms with E-state index in [1.54, 1.807) is 25.1 Å². The Morgan fingerprint density at radius 1 is 1.19 bits per heavy atom. The minimum atomic E-state index is -4.60. The number of nitrogens with one attached hydrogen (secondary N) is 2. The van der Waals surface area contributed by atoms with Crippen molar-refractivity contribution in [3.05, 3.63) is 71.3 Å². The number of nitrogens with two attached hydrogens (primary N) is 1. The summed E-state index contributed by atoms with van der Waals surface area (Å²) in [5.41, 5.74) is 7.28. The summed E-state index contributed by atoms with van der Waals surface area (Å²) in [5.74, 6) is -0.551. The van der Waals surface area contributed by atoms with Gasteiger partial charge in [0.25, 0.3) is 0 Å². The van der Waals surface area contributed by atoms with Gasteiger partial charge in [-0.05, 0) is 54.5 Å². The fourth-order valence-electron chi connectivity index (χ4n) is 4.60. The Hall–Kier alpha value is -3.73. The van der Waals surface area contributed by atoms with Crippen LogP contribution in [0.1, 0.15) is 30.7 Å². The molecule has 0 fully saturated rings. The molecule has 2 amide bonds. The lowest BCUT2D eigenvalue weighted by molar-refractivity contribution is -0.141. The quantitative estimate of drug-likeness (QED) is 0.293. The van der Waals surface area contributed by atoms with Crippen LogP contribution in [0.3, 0.4) is 0 Å². The molecule has 2 aromatic carbocycles. The number of rotatable bonds is 3. The molecule has 0 spiro atoms. The summed E-state index contributed by atoms with van der Waals surface area (Å²) in [4.78, 5) is 17.8. The fourth-order valence-corrected chi connectivity index (χ4v) is 4.70. The van der Waals surface area contributed by atoms with Crippen LogP contribution in [0.25, 0.3) is 11.1 Å². The summed E-state index contributed by atoms with van der Waals surface area (Å²) in [7, 11) is 0. The number of urea groups is 1. The second-order valence-corrected chi connectivity index (χ2v) is 9.57. The zero-order valence-electron chi connectivity index (χ0n) is 19.6. The topological polar surface area (TPSA) is 83.3 Å². The maximum absolute atomic E-state index is 15.4. The number of carbonyl (C=O) groups excluding carboxylic acids is 1. The van der Waals surface area contributed by atoms with Gasteiger partial charge in [0, 0.05) is 35.0 Å². The largest absolute Gasteiger partial charge is 0.433 e. The van der Waals surface area contributed by atoms with Gasteiger partial charge in [0.15, 0.2) is 5.11 Å². The van der Waals surface area contributed by atoms with Gasteiger partial charge in [-0.1, -0.05) is 32.0 Å². The van der Waals surface area contributed by atoms with Gasteiger partial charge in [-0.15, -0.1) is 0 Å². The van der Waals surface area contributed by atoms with Crippen LogP contribution < -0.4 is 21.3 Å². The molecule has 0 aliphatic carbocycles. The van der Waals surface area contributed by atoms with E-state index < -0.39 is 29.1 Å². The monoisotopic (exact) mass is 517 g/mol. The molecule has 0 saturated carbocycles. The predicted octanol–water partition coefficient (Wildman–Crippen LogP) is 6.01. The summed E-state index contributed by atoms with van der Waals surface area (Å²) in [6.07, 6.45) is -3.55. The number of aryl methyl sites for hydroxylation is 1.